The standard InChI is InChI=1S/C14H16ClN5O3/c1-7(2)12(13-16-8(3)18-19-13)17-14(21)9-4-5-11(20(22)23)10(15)6-9/h4-7,12H,1-3H3,(H,17,21)(H,16,18,19)/t12-/m1/s1. The molecule has 1 heterocycles. The second-order valence-corrected chi connectivity index (χ2v) is 5.80. The summed E-state index contributed by atoms with van der Waals surface area (Å²) in [5, 5.41) is 20.3. The lowest BCUT2D eigenvalue weighted by Gasteiger charge is -2.19. The highest BCUT2D eigenvalue weighted by molar-refractivity contribution is 6.33. The molecule has 0 aliphatic heterocycles. The molecular weight excluding hydrogens is 322 g/mol. The maximum Gasteiger partial charge on any atom is 0.287 e. The molecule has 0 saturated heterocycles. The van der Waals surface area contributed by atoms with Gasteiger partial charge in [0.2, 0.25) is 0 Å². The Morgan fingerprint density at radius 1 is 1.43 bits per heavy atom. The Kier molecular flexibility index (Phi) is 4.95. The number of nitrogens with zero attached hydrogens (tertiary/aromatic N) is 3. The summed E-state index contributed by atoms with van der Waals surface area (Å²) >= 11 is 5.84. The van der Waals surface area contributed by atoms with E-state index in [2.05, 4.69) is 20.5 Å². The zero-order valence-electron chi connectivity index (χ0n) is 12.8. The Balaban J connectivity index is 2.22. The number of carbonyl (C=O) groups excluding carboxylic acids is 1. The Morgan fingerprint density at radius 2 is 2.13 bits per heavy atom. The summed E-state index contributed by atoms with van der Waals surface area (Å²) in [5.74, 6) is 0.794. The van der Waals surface area contributed by atoms with Crippen LogP contribution in [-0.4, -0.2) is 26.0 Å². The first kappa shape index (κ1) is 16.9. The van der Waals surface area contributed by atoms with Gasteiger partial charge < -0.3 is 5.32 Å². The molecule has 0 aliphatic rings. The molecule has 122 valence electrons. The molecule has 23 heavy (non-hydrogen) atoms. The highest BCUT2D eigenvalue weighted by Crippen LogP contribution is 2.26. The zero-order valence-corrected chi connectivity index (χ0v) is 13.6. The van der Waals surface area contributed by atoms with E-state index in [4.69, 9.17) is 11.6 Å². The molecule has 0 unspecified atom stereocenters. The van der Waals surface area contributed by atoms with Crippen LogP contribution in [0.5, 0.6) is 0 Å². The van der Waals surface area contributed by atoms with E-state index in [1.54, 1.807) is 6.92 Å². The van der Waals surface area contributed by atoms with Gasteiger partial charge in [0.1, 0.15) is 10.8 Å². The highest BCUT2D eigenvalue weighted by Gasteiger charge is 2.24. The van der Waals surface area contributed by atoms with Crippen molar-refractivity contribution in [2.24, 2.45) is 5.92 Å². The lowest BCUT2D eigenvalue weighted by Crippen LogP contribution is -2.32. The van der Waals surface area contributed by atoms with Crippen molar-refractivity contribution in [3.05, 3.63) is 50.5 Å². The molecule has 1 aromatic carbocycles. The molecule has 1 amide bonds. The number of nitro benzene ring substituents is 1. The summed E-state index contributed by atoms with van der Waals surface area (Å²) < 4.78 is 0. The molecule has 0 saturated carbocycles. The van der Waals surface area contributed by atoms with E-state index in [1.165, 1.54) is 18.2 Å². The summed E-state index contributed by atoms with van der Waals surface area (Å²) in [5.41, 5.74) is -0.00766. The van der Waals surface area contributed by atoms with Crippen molar-refractivity contribution in [1.82, 2.24) is 20.5 Å². The van der Waals surface area contributed by atoms with Crippen molar-refractivity contribution < 1.29 is 9.72 Å². The molecule has 1 atom stereocenters. The molecule has 0 spiro atoms. The number of hydrogen-bond acceptors (Lipinski definition) is 5. The van der Waals surface area contributed by atoms with Gasteiger partial charge in [0.15, 0.2) is 5.82 Å². The van der Waals surface area contributed by atoms with Crippen molar-refractivity contribution in [1.29, 1.82) is 0 Å². The Hall–Kier alpha value is -2.48. The third kappa shape index (κ3) is 3.84. The van der Waals surface area contributed by atoms with E-state index >= 15 is 0 Å². The number of aromatic amines is 1. The lowest BCUT2D eigenvalue weighted by molar-refractivity contribution is -0.384. The number of hydrogen-bond donors (Lipinski definition) is 2. The number of rotatable bonds is 5. The van der Waals surface area contributed by atoms with Gasteiger partial charge in [-0.2, -0.15) is 5.10 Å². The van der Waals surface area contributed by atoms with Gasteiger partial charge in [-0.3, -0.25) is 20.0 Å². The first-order valence-electron chi connectivity index (χ1n) is 6.93. The molecule has 2 aromatic rings. The van der Waals surface area contributed by atoms with Crippen LogP contribution in [0, 0.1) is 23.0 Å². The first-order valence-corrected chi connectivity index (χ1v) is 7.31. The van der Waals surface area contributed by atoms with Crippen LogP contribution < -0.4 is 5.32 Å². The van der Waals surface area contributed by atoms with Crippen LogP contribution in [0.4, 0.5) is 5.69 Å². The topological polar surface area (TPSA) is 114 Å². The predicted molar refractivity (Wildman–Crippen MR) is 84.3 cm³/mol. The van der Waals surface area contributed by atoms with Gasteiger partial charge in [0, 0.05) is 11.6 Å². The normalized spacial score (nSPS) is 12.2. The number of nitro groups is 1. The molecule has 2 rings (SSSR count). The number of H-pyrrole nitrogens is 1. The average molecular weight is 338 g/mol. The van der Waals surface area contributed by atoms with Crippen molar-refractivity contribution >= 4 is 23.2 Å². The van der Waals surface area contributed by atoms with Crippen molar-refractivity contribution in [3.63, 3.8) is 0 Å². The fourth-order valence-electron chi connectivity index (χ4n) is 2.05. The van der Waals surface area contributed by atoms with Crippen LogP contribution in [-0.2, 0) is 0 Å². The van der Waals surface area contributed by atoms with Gasteiger partial charge in [-0.05, 0) is 25.0 Å². The highest BCUT2D eigenvalue weighted by atomic mass is 35.5. The number of halogens is 1. The second-order valence-electron chi connectivity index (χ2n) is 5.40. The SMILES string of the molecule is Cc1nc([C@H](NC(=O)c2ccc([N+](=O)[O-])c(Cl)c2)C(C)C)n[nH]1. The third-order valence-corrected chi connectivity index (χ3v) is 3.56. The molecule has 8 nitrogen and oxygen atoms in total. The van der Waals surface area contributed by atoms with E-state index in [1.807, 2.05) is 13.8 Å². The zero-order chi connectivity index (χ0) is 17.1. The number of aryl methyl sites for hydroxylation is 1. The molecule has 9 heteroatoms. The van der Waals surface area contributed by atoms with Crippen LogP contribution in [0.1, 0.15) is 41.9 Å². The number of carbonyl (C=O) groups is 1. The van der Waals surface area contributed by atoms with Crippen LogP contribution in [0.15, 0.2) is 18.2 Å². The molecule has 2 N–H and O–H groups in total. The van der Waals surface area contributed by atoms with Crippen LogP contribution >= 0.6 is 11.6 Å². The van der Waals surface area contributed by atoms with Crippen molar-refractivity contribution in [2.45, 2.75) is 26.8 Å². The van der Waals surface area contributed by atoms with Crippen molar-refractivity contribution in [2.75, 3.05) is 0 Å². The average Bonchev–Trinajstić information content (AvgIpc) is 2.89. The third-order valence-electron chi connectivity index (χ3n) is 3.25. The monoisotopic (exact) mass is 337 g/mol. The molecular formula is C14H16ClN5O3. The van der Waals surface area contributed by atoms with E-state index in [0.717, 1.165) is 0 Å². The van der Waals surface area contributed by atoms with Gasteiger partial charge in [-0.15, -0.1) is 0 Å². The summed E-state index contributed by atoms with van der Waals surface area (Å²) in [6.07, 6.45) is 0. The van der Waals surface area contributed by atoms with Gasteiger partial charge >= 0.3 is 0 Å². The fourth-order valence-corrected chi connectivity index (χ4v) is 2.30. The number of nitrogens with one attached hydrogen (secondary N) is 2. The molecule has 0 fully saturated rings. The first-order chi connectivity index (χ1) is 10.8. The molecule has 0 aliphatic carbocycles. The van der Waals surface area contributed by atoms with E-state index in [-0.39, 0.29) is 28.2 Å². The maximum atomic E-state index is 12.4. The van der Waals surface area contributed by atoms with E-state index in [9.17, 15) is 14.9 Å². The number of amides is 1. The Bertz CT molecular complexity index is 744. The summed E-state index contributed by atoms with van der Waals surface area (Å²) in [4.78, 5) is 26.8. The second kappa shape index (κ2) is 6.74. The van der Waals surface area contributed by atoms with Crippen LogP contribution in [0.25, 0.3) is 0 Å². The van der Waals surface area contributed by atoms with Gasteiger partial charge in [0.05, 0.1) is 11.0 Å². The summed E-state index contributed by atoms with van der Waals surface area (Å²) in [6, 6.07) is 3.45. The van der Waals surface area contributed by atoms with Crippen molar-refractivity contribution in [3.8, 4) is 0 Å². The minimum atomic E-state index is -0.600. The summed E-state index contributed by atoms with van der Waals surface area (Å²) in [6.45, 7) is 5.63. The van der Waals surface area contributed by atoms with E-state index in [0.29, 0.717) is 11.6 Å². The molecule has 0 radical (unpaired) electrons. The maximum absolute atomic E-state index is 12.4. The quantitative estimate of drug-likeness (QED) is 0.643. The lowest BCUT2D eigenvalue weighted by atomic mass is 10.0. The minimum Gasteiger partial charge on any atom is -0.342 e. The Morgan fingerprint density at radius 3 is 2.61 bits per heavy atom. The fraction of sp³-hybridized carbons (Fsp3) is 0.357. The predicted octanol–water partition coefficient (Wildman–Crippen LogP) is 2.80. The molecule has 0 bridgehead atoms. The van der Waals surface area contributed by atoms with Crippen LogP contribution in [0.2, 0.25) is 5.02 Å². The summed E-state index contributed by atoms with van der Waals surface area (Å²) in [7, 11) is 0. The van der Waals surface area contributed by atoms with Gasteiger partial charge in [-0.25, -0.2) is 4.98 Å². The van der Waals surface area contributed by atoms with Crippen LogP contribution in [0.3, 0.4) is 0 Å². The van der Waals surface area contributed by atoms with Gasteiger partial charge in [-0.1, -0.05) is 25.4 Å². The number of aromatic nitrogens is 3. The minimum absolute atomic E-state index is 0.0580. The Labute approximate surface area is 137 Å². The van der Waals surface area contributed by atoms with E-state index < -0.39 is 10.8 Å². The molecule has 1 aromatic heterocycles. The van der Waals surface area contributed by atoms with Gasteiger partial charge in [0.25, 0.3) is 11.6 Å². The largest absolute Gasteiger partial charge is 0.342 e. The number of benzene rings is 1. The smallest absolute Gasteiger partial charge is 0.287 e.